The van der Waals surface area contributed by atoms with Crippen LogP contribution in [0.4, 0.5) is 0 Å². The molecule has 2 aromatic carbocycles. The molecule has 1 N–H and O–H groups in total. The predicted octanol–water partition coefficient (Wildman–Crippen LogP) is 4.98. The average Bonchev–Trinajstić information content (AvgIpc) is 2.46. The largest absolute Gasteiger partial charge is 0.482 e. The van der Waals surface area contributed by atoms with Crippen LogP contribution in [0, 0.1) is 13.8 Å². The van der Waals surface area contributed by atoms with E-state index in [2.05, 4.69) is 34.2 Å². The molecule has 2 rings (SSSR count). The fraction of sp³-hybridized carbons (Fsp3) is 0.278. The number of hydrogen-bond donors (Lipinski definition) is 1. The Bertz CT molecular complexity index is 718. The van der Waals surface area contributed by atoms with Crippen LogP contribution in [0.5, 0.6) is 5.75 Å². The summed E-state index contributed by atoms with van der Waals surface area (Å²) in [6, 6.07) is 11.4. The zero-order valence-electron chi connectivity index (χ0n) is 13.3. The summed E-state index contributed by atoms with van der Waals surface area (Å²) >= 11 is 9.39. The summed E-state index contributed by atoms with van der Waals surface area (Å²) in [4.78, 5) is 12.1. The summed E-state index contributed by atoms with van der Waals surface area (Å²) in [5.74, 6) is 0.306. The van der Waals surface area contributed by atoms with Crippen LogP contribution in [-0.2, 0) is 4.79 Å². The van der Waals surface area contributed by atoms with Gasteiger partial charge in [-0.15, -0.1) is 0 Å². The monoisotopic (exact) mass is 395 g/mol. The Morgan fingerprint density at radius 3 is 2.65 bits per heavy atom. The number of amides is 1. The molecule has 23 heavy (non-hydrogen) atoms. The van der Waals surface area contributed by atoms with E-state index in [1.54, 1.807) is 12.1 Å². The first-order chi connectivity index (χ1) is 10.9. The highest BCUT2D eigenvalue weighted by Gasteiger charge is 2.13. The molecular weight excluding hydrogens is 378 g/mol. The van der Waals surface area contributed by atoms with E-state index in [-0.39, 0.29) is 18.6 Å². The van der Waals surface area contributed by atoms with Gasteiger partial charge in [-0.1, -0.05) is 51.3 Å². The van der Waals surface area contributed by atoms with Gasteiger partial charge >= 0.3 is 0 Å². The average molecular weight is 397 g/mol. The fourth-order valence-electron chi connectivity index (χ4n) is 2.41. The summed E-state index contributed by atoms with van der Waals surface area (Å²) in [5.41, 5.74) is 3.47. The maximum Gasteiger partial charge on any atom is 0.258 e. The van der Waals surface area contributed by atoms with E-state index in [1.807, 2.05) is 32.0 Å². The highest BCUT2D eigenvalue weighted by molar-refractivity contribution is 9.10. The van der Waals surface area contributed by atoms with Crippen molar-refractivity contribution in [1.29, 1.82) is 0 Å². The molecule has 1 atom stereocenters. The molecule has 0 spiro atoms. The van der Waals surface area contributed by atoms with Crippen molar-refractivity contribution >= 4 is 33.4 Å². The molecule has 0 aliphatic heterocycles. The molecule has 0 fully saturated rings. The van der Waals surface area contributed by atoms with Crippen molar-refractivity contribution in [3.63, 3.8) is 0 Å². The van der Waals surface area contributed by atoms with Crippen LogP contribution in [0.1, 0.15) is 29.7 Å². The molecule has 2 aromatic rings. The summed E-state index contributed by atoms with van der Waals surface area (Å²) in [7, 11) is 0. The highest BCUT2D eigenvalue weighted by atomic mass is 79.9. The van der Waals surface area contributed by atoms with Gasteiger partial charge in [0.2, 0.25) is 0 Å². The molecule has 0 saturated carbocycles. The smallest absolute Gasteiger partial charge is 0.258 e. The Balaban J connectivity index is 1.93. The normalized spacial score (nSPS) is 11.9. The maximum absolute atomic E-state index is 12.1. The summed E-state index contributed by atoms with van der Waals surface area (Å²) in [6.07, 6.45) is 0. The molecule has 3 nitrogen and oxygen atoms in total. The SMILES string of the molecule is Cc1ccc([C@@H](C)NC(=O)COc2ccc(Br)cc2Cl)c(C)c1. The van der Waals surface area contributed by atoms with Gasteiger partial charge in [0.1, 0.15) is 5.75 Å². The quantitative estimate of drug-likeness (QED) is 0.774. The van der Waals surface area contributed by atoms with Gasteiger partial charge in [-0.3, -0.25) is 4.79 Å². The molecule has 0 aliphatic rings. The minimum absolute atomic E-state index is 0.0728. The second-order valence-corrected chi connectivity index (χ2v) is 6.84. The Kier molecular flexibility index (Phi) is 6.08. The highest BCUT2D eigenvalue weighted by Crippen LogP contribution is 2.27. The third-order valence-electron chi connectivity index (χ3n) is 3.52. The number of carbonyl (C=O) groups excluding carboxylic acids is 1. The number of rotatable bonds is 5. The molecule has 0 saturated heterocycles. The van der Waals surface area contributed by atoms with Gasteiger partial charge in [-0.25, -0.2) is 0 Å². The van der Waals surface area contributed by atoms with E-state index in [9.17, 15) is 4.79 Å². The molecule has 0 unspecified atom stereocenters. The molecule has 0 bridgehead atoms. The van der Waals surface area contributed by atoms with Crippen LogP contribution in [0.3, 0.4) is 0 Å². The van der Waals surface area contributed by atoms with Gasteiger partial charge in [-0.05, 0) is 50.1 Å². The number of ether oxygens (including phenoxy) is 1. The van der Waals surface area contributed by atoms with E-state index in [4.69, 9.17) is 16.3 Å². The van der Waals surface area contributed by atoms with Gasteiger partial charge in [0, 0.05) is 4.47 Å². The standard InChI is InChI=1S/C18H19BrClNO2/c1-11-4-6-15(12(2)8-11)13(3)21-18(22)10-23-17-7-5-14(19)9-16(17)20/h4-9,13H,10H2,1-3H3,(H,21,22)/t13-/m1/s1. The third kappa shape index (κ3) is 4.98. The van der Waals surface area contributed by atoms with Crippen LogP contribution in [0.25, 0.3) is 0 Å². The van der Waals surface area contributed by atoms with E-state index in [0.717, 1.165) is 15.6 Å². The van der Waals surface area contributed by atoms with Crippen LogP contribution in [0.15, 0.2) is 40.9 Å². The Morgan fingerprint density at radius 1 is 1.26 bits per heavy atom. The lowest BCUT2D eigenvalue weighted by molar-refractivity contribution is -0.123. The molecule has 122 valence electrons. The molecule has 0 radical (unpaired) electrons. The van der Waals surface area contributed by atoms with Crippen molar-refractivity contribution in [1.82, 2.24) is 5.32 Å². The fourth-order valence-corrected chi connectivity index (χ4v) is 3.14. The summed E-state index contributed by atoms with van der Waals surface area (Å²) < 4.78 is 6.34. The first-order valence-corrected chi connectivity index (χ1v) is 8.48. The minimum atomic E-state index is -0.184. The summed E-state index contributed by atoms with van der Waals surface area (Å²) in [5, 5.41) is 3.41. The molecular formula is C18H19BrClNO2. The number of halogens is 2. The first kappa shape index (κ1) is 17.8. The zero-order chi connectivity index (χ0) is 17.0. The van der Waals surface area contributed by atoms with Gasteiger partial charge in [0.15, 0.2) is 6.61 Å². The van der Waals surface area contributed by atoms with Crippen LogP contribution < -0.4 is 10.1 Å². The maximum atomic E-state index is 12.1. The van der Waals surface area contributed by atoms with E-state index in [1.165, 1.54) is 5.56 Å². The van der Waals surface area contributed by atoms with Crippen LogP contribution in [0.2, 0.25) is 5.02 Å². The van der Waals surface area contributed by atoms with Gasteiger partial charge in [0.25, 0.3) is 5.91 Å². The van der Waals surface area contributed by atoms with E-state index < -0.39 is 0 Å². The molecule has 0 aromatic heterocycles. The second-order valence-electron chi connectivity index (χ2n) is 5.51. The van der Waals surface area contributed by atoms with E-state index in [0.29, 0.717) is 10.8 Å². The number of nitrogens with one attached hydrogen (secondary N) is 1. The second kappa shape index (κ2) is 7.84. The van der Waals surface area contributed by atoms with Crippen molar-refractivity contribution in [3.8, 4) is 5.75 Å². The van der Waals surface area contributed by atoms with Crippen LogP contribution >= 0.6 is 27.5 Å². The van der Waals surface area contributed by atoms with Crippen molar-refractivity contribution in [2.45, 2.75) is 26.8 Å². The molecule has 1 amide bonds. The molecule has 0 aliphatic carbocycles. The summed E-state index contributed by atoms with van der Waals surface area (Å²) in [6.45, 7) is 5.98. The third-order valence-corrected chi connectivity index (χ3v) is 4.31. The topological polar surface area (TPSA) is 38.3 Å². The first-order valence-electron chi connectivity index (χ1n) is 7.31. The van der Waals surface area contributed by atoms with Crippen molar-refractivity contribution in [2.75, 3.05) is 6.61 Å². The van der Waals surface area contributed by atoms with Crippen molar-refractivity contribution in [2.24, 2.45) is 0 Å². The number of aryl methyl sites for hydroxylation is 2. The molecule has 5 heteroatoms. The molecule has 0 heterocycles. The minimum Gasteiger partial charge on any atom is -0.482 e. The van der Waals surface area contributed by atoms with Crippen molar-refractivity contribution < 1.29 is 9.53 Å². The predicted molar refractivity (Wildman–Crippen MR) is 97.1 cm³/mol. The lowest BCUT2D eigenvalue weighted by Gasteiger charge is -2.17. The number of carbonyl (C=O) groups is 1. The van der Waals surface area contributed by atoms with Gasteiger partial charge in [0.05, 0.1) is 11.1 Å². The Morgan fingerprint density at radius 2 is 2.00 bits per heavy atom. The van der Waals surface area contributed by atoms with Crippen LogP contribution in [-0.4, -0.2) is 12.5 Å². The van der Waals surface area contributed by atoms with Gasteiger partial charge in [-0.2, -0.15) is 0 Å². The van der Waals surface area contributed by atoms with E-state index >= 15 is 0 Å². The Hall–Kier alpha value is -1.52. The Labute approximate surface area is 150 Å². The lowest BCUT2D eigenvalue weighted by atomic mass is 10.0. The van der Waals surface area contributed by atoms with Gasteiger partial charge < -0.3 is 10.1 Å². The lowest BCUT2D eigenvalue weighted by Crippen LogP contribution is -2.31. The number of hydrogen-bond acceptors (Lipinski definition) is 2. The van der Waals surface area contributed by atoms with Crippen molar-refractivity contribution in [3.05, 3.63) is 62.6 Å². The number of benzene rings is 2. The zero-order valence-corrected chi connectivity index (χ0v) is 15.7.